The number of aryl methyl sites for hydroxylation is 4. The molecule has 0 bridgehead atoms. The van der Waals surface area contributed by atoms with Crippen LogP contribution in [0.2, 0.25) is 0 Å². The normalized spacial score (nSPS) is 10.9. The average molecular weight is 350 g/mol. The summed E-state index contributed by atoms with van der Waals surface area (Å²) in [6.07, 6.45) is 0.00967. The summed E-state index contributed by atoms with van der Waals surface area (Å²) in [5, 5.41) is 13.3. The molecular formula is C21H22N2O3. The smallest absolute Gasteiger partial charge is 0.352 e. The molecule has 1 amide bonds. The summed E-state index contributed by atoms with van der Waals surface area (Å²) in [5.41, 5.74) is 5.37. The molecule has 0 saturated heterocycles. The van der Waals surface area contributed by atoms with Crippen molar-refractivity contribution >= 4 is 28.5 Å². The molecule has 0 fully saturated rings. The second-order valence-electron chi connectivity index (χ2n) is 6.76. The molecular weight excluding hydrogens is 328 g/mol. The van der Waals surface area contributed by atoms with E-state index >= 15 is 0 Å². The number of hydrogen-bond acceptors (Lipinski definition) is 2. The number of carboxylic acids is 1. The first-order chi connectivity index (χ1) is 12.3. The standard InChI is InChI=1S/C21H22N2O3/c1-12-5-7-17(14(3)9-12)22-19(24)11-16-15-10-13(2)6-8-18(15)23(4)20(16)21(25)26/h5-10H,11H2,1-4H3,(H,22,24)(H,25,26). The second-order valence-corrected chi connectivity index (χ2v) is 6.76. The van der Waals surface area contributed by atoms with E-state index < -0.39 is 5.97 Å². The van der Waals surface area contributed by atoms with Crippen molar-refractivity contribution in [3.63, 3.8) is 0 Å². The summed E-state index contributed by atoms with van der Waals surface area (Å²) in [6, 6.07) is 11.6. The van der Waals surface area contributed by atoms with E-state index in [9.17, 15) is 14.7 Å². The molecule has 3 rings (SSSR count). The fraction of sp³-hybridized carbons (Fsp3) is 0.238. The zero-order chi connectivity index (χ0) is 19.0. The number of aromatic carboxylic acids is 1. The molecule has 0 aliphatic carbocycles. The van der Waals surface area contributed by atoms with Crippen LogP contribution in [-0.2, 0) is 18.3 Å². The van der Waals surface area contributed by atoms with E-state index in [4.69, 9.17) is 0 Å². The van der Waals surface area contributed by atoms with Crippen molar-refractivity contribution in [1.82, 2.24) is 4.57 Å². The minimum Gasteiger partial charge on any atom is -0.477 e. The molecule has 1 aromatic heterocycles. The minimum absolute atomic E-state index is 0.00967. The van der Waals surface area contributed by atoms with Gasteiger partial charge in [-0.15, -0.1) is 0 Å². The van der Waals surface area contributed by atoms with E-state index in [1.807, 2.05) is 57.2 Å². The first-order valence-corrected chi connectivity index (χ1v) is 8.46. The Bertz CT molecular complexity index is 1030. The number of carbonyl (C=O) groups excluding carboxylic acids is 1. The van der Waals surface area contributed by atoms with Crippen LogP contribution >= 0.6 is 0 Å². The maximum atomic E-state index is 12.6. The molecule has 0 atom stereocenters. The Kier molecular flexibility index (Phi) is 4.55. The van der Waals surface area contributed by atoms with E-state index in [1.54, 1.807) is 11.6 Å². The number of carbonyl (C=O) groups is 2. The van der Waals surface area contributed by atoms with Crippen LogP contribution in [0.4, 0.5) is 5.69 Å². The van der Waals surface area contributed by atoms with Crippen molar-refractivity contribution in [3.05, 3.63) is 64.3 Å². The van der Waals surface area contributed by atoms with Crippen molar-refractivity contribution in [2.45, 2.75) is 27.2 Å². The lowest BCUT2D eigenvalue weighted by Gasteiger charge is -2.09. The van der Waals surface area contributed by atoms with Crippen LogP contribution in [0.1, 0.15) is 32.7 Å². The van der Waals surface area contributed by atoms with Gasteiger partial charge in [-0.2, -0.15) is 0 Å². The number of nitrogens with one attached hydrogen (secondary N) is 1. The Hall–Kier alpha value is -3.08. The molecule has 5 nitrogen and oxygen atoms in total. The number of fused-ring (bicyclic) bond motifs is 1. The highest BCUT2D eigenvalue weighted by atomic mass is 16.4. The molecule has 134 valence electrons. The third kappa shape index (κ3) is 3.20. The quantitative estimate of drug-likeness (QED) is 0.747. The van der Waals surface area contributed by atoms with Gasteiger partial charge >= 0.3 is 5.97 Å². The highest BCUT2D eigenvalue weighted by molar-refractivity contribution is 6.03. The average Bonchev–Trinajstić information content (AvgIpc) is 2.82. The van der Waals surface area contributed by atoms with E-state index in [0.29, 0.717) is 5.56 Å². The topological polar surface area (TPSA) is 71.3 Å². The van der Waals surface area contributed by atoms with Gasteiger partial charge in [-0.3, -0.25) is 4.79 Å². The maximum Gasteiger partial charge on any atom is 0.352 e. The lowest BCUT2D eigenvalue weighted by Crippen LogP contribution is -2.17. The maximum absolute atomic E-state index is 12.6. The first-order valence-electron chi connectivity index (χ1n) is 8.46. The molecule has 0 saturated carbocycles. The molecule has 2 N–H and O–H groups in total. The van der Waals surface area contributed by atoms with Gasteiger partial charge in [0, 0.05) is 29.2 Å². The molecule has 1 heterocycles. The number of rotatable bonds is 4. The third-order valence-corrected chi connectivity index (χ3v) is 4.66. The Morgan fingerprint density at radius 1 is 1.04 bits per heavy atom. The van der Waals surface area contributed by atoms with Crippen LogP contribution in [0.5, 0.6) is 0 Å². The van der Waals surface area contributed by atoms with Crippen molar-refractivity contribution in [1.29, 1.82) is 0 Å². The number of amides is 1. The van der Waals surface area contributed by atoms with Gasteiger partial charge in [-0.25, -0.2) is 4.79 Å². The van der Waals surface area contributed by atoms with Crippen LogP contribution in [-0.4, -0.2) is 21.6 Å². The third-order valence-electron chi connectivity index (χ3n) is 4.66. The number of nitrogens with zero attached hydrogens (tertiary/aromatic N) is 1. The number of benzene rings is 2. The minimum atomic E-state index is -1.03. The zero-order valence-corrected chi connectivity index (χ0v) is 15.4. The highest BCUT2D eigenvalue weighted by Crippen LogP contribution is 2.27. The van der Waals surface area contributed by atoms with Crippen LogP contribution < -0.4 is 5.32 Å². The molecule has 0 spiro atoms. The summed E-state index contributed by atoms with van der Waals surface area (Å²) in [7, 11) is 1.71. The van der Waals surface area contributed by atoms with Crippen molar-refractivity contribution in [2.24, 2.45) is 7.05 Å². The number of hydrogen-bond donors (Lipinski definition) is 2. The summed E-state index contributed by atoms with van der Waals surface area (Å²) in [4.78, 5) is 24.4. The van der Waals surface area contributed by atoms with Gasteiger partial charge < -0.3 is 15.0 Å². The number of aromatic nitrogens is 1. The van der Waals surface area contributed by atoms with E-state index in [1.165, 1.54) is 0 Å². The number of anilines is 1. The highest BCUT2D eigenvalue weighted by Gasteiger charge is 2.22. The van der Waals surface area contributed by atoms with Gasteiger partial charge in [0.05, 0.1) is 6.42 Å². The summed E-state index contributed by atoms with van der Waals surface area (Å²) >= 11 is 0. The molecule has 0 radical (unpaired) electrons. The van der Waals surface area contributed by atoms with Crippen molar-refractivity contribution in [2.75, 3.05) is 5.32 Å². The Morgan fingerprint density at radius 2 is 1.69 bits per heavy atom. The summed E-state index contributed by atoms with van der Waals surface area (Å²) in [6.45, 7) is 5.88. The largest absolute Gasteiger partial charge is 0.477 e. The SMILES string of the molecule is Cc1ccc(NC(=O)Cc2c(C(=O)O)n(C)c3ccc(C)cc23)c(C)c1. The second kappa shape index (κ2) is 6.67. The molecule has 0 unspecified atom stereocenters. The fourth-order valence-corrected chi connectivity index (χ4v) is 3.39. The Labute approximate surface area is 152 Å². The lowest BCUT2D eigenvalue weighted by molar-refractivity contribution is -0.115. The molecule has 2 aromatic carbocycles. The lowest BCUT2D eigenvalue weighted by atomic mass is 10.0. The molecule has 0 aliphatic heterocycles. The van der Waals surface area contributed by atoms with E-state index in [2.05, 4.69) is 5.32 Å². The number of carboxylic acid groups (broad SMARTS) is 1. The summed E-state index contributed by atoms with van der Waals surface area (Å²) < 4.78 is 1.64. The van der Waals surface area contributed by atoms with Crippen LogP contribution in [0, 0.1) is 20.8 Å². The predicted molar refractivity (Wildman–Crippen MR) is 103 cm³/mol. The van der Waals surface area contributed by atoms with Gasteiger partial charge in [0.15, 0.2) is 0 Å². The first kappa shape index (κ1) is 17.7. The van der Waals surface area contributed by atoms with Crippen molar-refractivity contribution in [3.8, 4) is 0 Å². The van der Waals surface area contributed by atoms with Crippen LogP contribution in [0.25, 0.3) is 10.9 Å². The monoisotopic (exact) mass is 350 g/mol. The molecule has 3 aromatic rings. The van der Waals surface area contributed by atoms with Crippen molar-refractivity contribution < 1.29 is 14.7 Å². The Balaban J connectivity index is 1.99. The Morgan fingerprint density at radius 3 is 2.35 bits per heavy atom. The van der Waals surface area contributed by atoms with Gasteiger partial charge in [-0.1, -0.05) is 29.3 Å². The predicted octanol–water partition coefficient (Wildman–Crippen LogP) is 3.98. The van der Waals surface area contributed by atoms with Gasteiger partial charge in [0.1, 0.15) is 5.69 Å². The molecule has 5 heteroatoms. The molecule has 26 heavy (non-hydrogen) atoms. The fourth-order valence-electron chi connectivity index (χ4n) is 3.39. The zero-order valence-electron chi connectivity index (χ0n) is 15.4. The van der Waals surface area contributed by atoms with Gasteiger partial charge in [0.2, 0.25) is 5.91 Å². The van der Waals surface area contributed by atoms with E-state index in [0.717, 1.165) is 33.3 Å². The summed E-state index contributed by atoms with van der Waals surface area (Å²) in [5.74, 6) is -1.26. The van der Waals surface area contributed by atoms with Gasteiger partial charge in [0.25, 0.3) is 0 Å². The van der Waals surface area contributed by atoms with Crippen LogP contribution in [0.15, 0.2) is 36.4 Å². The van der Waals surface area contributed by atoms with Crippen LogP contribution in [0.3, 0.4) is 0 Å². The molecule has 0 aliphatic rings. The van der Waals surface area contributed by atoms with E-state index in [-0.39, 0.29) is 18.0 Å². The van der Waals surface area contributed by atoms with Gasteiger partial charge in [-0.05, 0) is 44.5 Å².